The summed E-state index contributed by atoms with van der Waals surface area (Å²) in [7, 11) is 0. The van der Waals surface area contributed by atoms with Crippen molar-refractivity contribution in [3.05, 3.63) is 0 Å². The maximum Gasteiger partial charge on any atom is 0.410 e. The minimum Gasteiger partial charge on any atom is -0.444 e. The number of carbonyl (C=O) groups is 1. The number of likely N-dealkylation sites (N-methyl/N-ethyl adjacent to an activating group) is 1. The lowest BCUT2D eigenvalue weighted by molar-refractivity contribution is 0.0156. The van der Waals surface area contributed by atoms with E-state index in [2.05, 4.69) is 0 Å². The molecule has 0 aliphatic heterocycles. The summed E-state index contributed by atoms with van der Waals surface area (Å²) in [6.45, 7) is 10.1. The van der Waals surface area contributed by atoms with Gasteiger partial charge in [-0.2, -0.15) is 0 Å². The third-order valence-corrected chi connectivity index (χ3v) is 1.94. The molecule has 0 aliphatic carbocycles. The summed E-state index contributed by atoms with van der Waals surface area (Å²) in [6.07, 6.45) is -0.200. The van der Waals surface area contributed by atoms with Gasteiger partial charge in [0.2, 0.25) is 0 Å². The van der Waals surface area contributed by atoms with Crippen LogP contribution in [0.1, 0.15) is 41.0 Å². The first-order chi connectivity index (χ1) is 6.80. The maximum absolute atomic E-state index is 11.6. The van der Waals surface area contributed by atoms with Crippen molar-refractivity contribution in [2.24, 2.45) is 0 Å². The smallest absolute Gasteiger partial charge is 0.410 e. The number of rotatable bonds is 4. The first kappa shape index (κ1) is 14.2. The zero-order valence-electron chi connectivity index (χ0n) is 10.4. The highest BCUT2D eigenvalue weighted by atomic mass is 16.6. The molecule has 0 aromatic carbocycles. The van der Waals surface area contributed by atoms with E-state index in [9.17, 15) is 9.90 Å². The Morgan fingerprint density at radius 3 is 2.27 bits per heavy atom. The van der Waals surface area contributed by atoms with Crippen LogP contribution in [0.5, 0.6) is 0 Å². The van der Waals surface area contributed by atoms with Crippen LogP contribution in [0.2, 0.25) is 0 Å². The fourth-order valence-electron chi connectivity index (χ4n) is 1.04. The number of aliphatic hydroxyl groups is 1. The van der Waals surface area contributed by atoms with Crippen LogP contribution < -0.4 is 0 Å². The highest BCUT2D eigenvalue weighted by Crippen LogP contribution is 2.10. The fourth-order valence-corrected chi connectivity index (χ4v) is 1.04. The predicted octanol–water partition coefficient (Wildman–Crippen LogP) is 2.01. The van der Waals surface area contributed by atoms with Crippen molar-refractivity contribution in [1.29, 1.82) is 0 Å². The van der Waals surface area contributed by atoms with Gasteiger partial charge in [0.25, 0.3) is 0 Å². The van der Waals surface area contributed by atoms with E-state index in [-0.39, 0.29) is 6.09 Å². The van der Waals surface area contributed by atoms with Gasteiger partial charge in [0.15, 0.2) is 0 Å². The van der Waals surface area contributed by atoms with Crippen LogP contribution in [0.4, 0.5) is 4.79 Å². The summed E-state index contributed by atoms with van der Waals surface area (Å²) < 4.78 is 5.21. The zero-order valence-corrected chi connectivity index (χ0v) is 10.4. The fraction of sp³-hybridized carbons (Fsp3) is 0.909. The standard InChI is InChI=1S/C11H23NO3/c1-6-9(13)8-12(7-2)10(14)15-11(3,4)5/h9,13H,6-8H2,1-5H3/t9-/m1/s1. The monoisotopic (exact) mass is 217 g/mol. The van der Waals surface area contributed by atoms with Gasteiger partial charge in [-0.15, -0.1) is 0 Å². The summed E-state index contributed by atoms with van der Waals surface area (Å²) in [6, 6.07) is 0. The van der Waals surface area contributed by atoms with Gasteiger partial charge in [0.05, 0.1) is 6.10 Å². The second-order valence-electron chi connectivity index (χ2n) is 4.58. The van der Waals surface area contributed by atoms with Crippen LogP contribution >= 0.6 is 0 Å². The maximum atomic E-state index is 11.6. The molecule has 0 unspecified atom stereocenters. The van der Waals surface area contributed by atoms with Gasteiger partial charge in [-0.1, -0.05) is 6.92 Å². The topological polar surface area (TPSA) is 49.8 Å². The van der Waals surface area contributed by atoms with Gasteiger partial charge in [0, 0.05) is 13.1 Å². The Balaban J connectivity index is 4.23. The molecular weight excluding hydrogens is 194 g/mol. The lowest BCUT2D eigenvalue weighted by atomic mass is 10.2. The molecule has 0 aromatic heterocycles. The minimum absolute atomic E-state index is 0.335. The number of hydrogen-bond acceptors (Lipinski definition) is 3. The predicted molar refractivity (Wildman–Crippen MR) is 59.8 cm³/mol. The average molecular weight is 217 g/mol. The molecule has 0 radical (unpaired) electrons. The first-order valence-electron chi connectivity index (χ1n) is 5.46. The van der Waals surface area contributed by atoms with Gasteiger partial charge in [0.1, 0.15) is 5.60 Å². The molecule has 1 N–H and O–H groups in total. The van der Waals surface area contributed by atoms with Crippen molar-refractivity contribution in [3.63, 3.8) is 0 Å². The first-order valence-corrected chi connectivity index (χ1v) is 5.46. The van der Waals surface area contributed by atoms with E-state index in [1.54, 1.807) is 0 Å². The van der Waals surface area contributed by atoms with E-state index in [4.69, 9.17) is 4.74 Å². The van der Waals surface area contributed by atoms with E-state index in [1.807, 2.05) is 34.6 Å². The van der Waals surface area contributed by atoms with Gasteiger partial charge in [-0.25, -0.2) is 4.79 Å². The molecule has 0 saturated carbocycles. The molecule has 0 rings (SSSR count). The molecule has 0 saturated heterocycles. The van der Waals surface area contributed by atoms with Crippen molar-refractivity contribution in [1.82, 2.24) is 4.90 Å². The number of ether oxygens (including phenoxy) is 1. The molecule has 0 aliphatic rings. The molecule has 1 atom stereocenters. The quantitative estimate of drug-likeness (QED) is 0.783. The van der Waals surface area contributed by atoms with Gasteiger partial charge < -0.3 is 14.7 Å². The van der Waals surface area contributed by atoms with Crippen LogP contribution in [0.25, 0.3) is 0 Å². The third kappa shape index (κ3) is 6.33. The molecular formula is C11H23NO3. The van der Waals surface area contributed by atoms with E-state index < -0.39 is 11.7 Å². The lowest BCUT2D eigenvalue weighted by Crippen LogP contribution is -2.40. The Kier molecular flexibility index (Phi) is 5.65. The molecule has 15 heavy (non-hydrogen) atoms. The normalized spacial score (nSPS) is 13.5. The lowest BCUT2D eigenvalue weighted by Gasteiger charge is -2.27. The summed E-state index contributed by atoms with van der Waals surface area (Å²) in [5, 5.41) is 9.46. The van der Waals surface area contributed by atoms with Crippen LogP contribution in [-0.4, -0.2) is 40.9 Å². The van der Waals surface area contributed by atoms with E-state index in [1.165, 1.54) is 4.90 Å². The van der Waals surface area contributed by atoms with Crippen molar-refractivity contribution >= 4 is 6.09 Å². The Labute approximate surface area is 92.2 Å². The van der Waals surface area contributed by atoms with Crippen LogP contribution in [-0.2, 0) is 4.74 Å². The molecule has 90 valence electrons. The molecule has 0 spiro atoms. The Morgan fingerprint density at radius 2 is 1.93 bits per heavy atom. The van der Waals surface area contributed by atoms with Crippen molar-refractivity contribution in [2.75, 3.05) is 13.1 Å². The van der Waals surface area contributed by atoms with Crippen LogP contribution in [0.15, 0.2) is 0 Å². The molecule has 0 heterocycles. The molecule has 0 aromatic rings. The SMILES string of the molecule is CC[C@@H](O)CN(CC)C(=O)OC(C)(C)C. The average Bonchev–Trinajstić information content (AvgIpc) is 2.10. The number of carbonyl (C=O) groups excluding carboxylic acids is 1. The number of aliphatic hydroxyl groups excluding tert-OH is 1. The number of hydrogen-bond donors (Lipinski definition) is 1. The van der Waals surface area contributed by atoms with Crippen LogP contribution in [0, 0.1) is 0 Å². The second-order valence-corrected chi connectivity index (χ2v) is 4.58. The minimum atomic E-state index is -0.484. The zero-order chi connectivity index (χ0) is 12.1. The number of nitrogens with zero attached hydrogens (tertiary/aromatic N) is 1. The summed E-state index contributed by atoms with van der Waals surface area (Å²) in [4.78, 5) is 13.1. The highest BCUT2D eigenvalue weighted by molar-refractivity contribution is 5.68. The van der Waals surface area contributed by atoms with Crippen molar-refractivity contribution < 1.29 is 14.6 Å². The molecule has 0 bridgehead atoms. The van der Waals surface area contributed by atoms with Crippen LogP contribution in [0.3, 0.4) is 0 Å². The Hall–Kier alpha value is -0.770. The number of amides is 1. The third-order valence-electron chi connectivity index (χ3n) is 1.94. The Morgan fingerprint density at radius 1 is 1.40 bits per heavy atom. The Bertz CT molecular complexity index is 198. The largest absolute Gasteiger partial charge is 0.444 e. The van der Waals surface area contributed by atoms with E-state index >= 15 is 0 Å². The summed E-state index contributed by atoms with van der Waals surface area (Å²) in [5.74, 6) is 0. The molecule has 0 fully saturated rings. The summed E-state index contributed by atoms with van der Waals surface area (Å²) >= 11 is 0. The van der Waals surface area contributed by atoms with Crippen molar-refractivity contribution in [2.45, 2.75) is 52.7 Å². The van der Waals surface area contributed by atoms with E-state index in [0.29, 0.717) is 19.5 Å². The molecule has 1 amide bonds. The highest BCUT2D eigenvalue weighted by Gasteiger charge is 2.22. The van der Waals surface area contributed by atoms with Gasteiger partial charge in [-0.3, -0.25) is 0 Å². The second kappa shape index (κ2) is 5.95. The van der Waals surface area contributed by atoms with Gasteiger partial charge >= 0.3 is 6.09 Å². The van der Waals surface area contributed by atoms with Crippen molar-refractivity contribution in [3.8, 4) is 0 Å². The molecule has 4 nitrogen and oxygen atoms in total. The van der Waals surface area contributed by atoms with E-state index in [0.717, 1.165) is 0 Å². The van der Waals surface area contributed by atoms with Gasteiger partial charge in [-0.05, 0) is 34.1 Å². The summed E-state index contributed by atoms with van der Waals surface area (Å²) in [5.41, 5.74) is -0.484. The molecule has 4 heteroatoms.